The van der Waals surface area contributed by atoms with Gasteiger partial charge in [-0.25, -0.2) is 0 Å². The SMILES string of the molecule is CCCCCCCCN(C)CC1(O)CCOCC1. The average molecular weight is 257 g/mol. The quantitative estimate of drug-likeness (QED) is 0.645. The van der Waals surface area contributed by atoms with Crippen LogP contribution in [0.4, 0.5) is 0 Å². The number of hydrogen-bond donors (Lipinski definition) is 1. The zero-order valence-electron chi connectivity index (χ0n) is 12.3. The standard InChI is InChI=1S/C15H31NO2/c1-3-4-5-6-7-8-11-16(2)14-15(17)9-12-18-13-10-15/h17H,3-14H2,1-2H3. The molecule has 1 heterocycles. The van der Waals surface area contributed by atoms with E-state index in [4.69, 9.17) is 4.74 Å². The molecule has 0 radical (unpaired) electrons. The minimum Gasteiger partial charge on any atom is -0.388 e. The van der Waals surface area contributed by atoms with Crippen molar-refractivity contribution in [2.45, 2.75) is 63.9 Å². The van der Waals surface area contributed by atoms with Crippen LogP contribution in [0.2, 0.25) is 0 Å². The highest BCUT2D eigenvalue weighted by Gasteiger charge is 2.30. The minimum absolute atomic E-state index is 0.505. The van der Waals surface area contributed by atoms with Gasteiger partial charge in [-0.1, -0.05) is 39.0 Å². The van der Waals surface area contributed by atoms with Crippen LogP contribution in [-0.2, 0) is 4.74 Å². The number of aliphatic hydroxyl groups is 1. The molecule has 1 rings (SSSR count). The molecule has 18 heavy (non-hydrogen) atoms. The molecule has 1 aliphatic rings. The Morgan fingerprint density at radius 2 is 1.67 bits per heavy atom. The highest BCUT2D eigenvalue weighted by molar-refractivity contribution is 4.83. The number of rotatable bonds is 9. The Morgan fingerprint density at radius 1 is 1.06 bits per heavy atom. The predicted octanol–water partition coefficient (Wildman–Crippen LogP) is 2.82. The monoisotopic (exact) mass is 257 g/mol. The van der Waals surface area contributed by atoms with Crippen LogP contribution in [0.15, 0.2) is 0 Å². The Kier molecular flexibility index (Phi) is 7.87. The molecule has 0 unspecified atom stereocenters. The van der Waals surface area contributed by atoms with Crippen molar-refractivity contribution in [3.63, 3.8) is 0 Å². The molecule has 3 nitrogen and oxygen atoms in total. The van der Waals surface area contributed by atoms with Crippen LogP contribution in [0.3, 0.4) is 0 Å². The molecule has 0 amide bonds. The first-order valence-corrected chi connectivity index (χ1v) is 7.65. The highest BCUT2D eigenvalue weighted by atomic mass is 16.5. The predicted molar refractivity (Wildman–Crippen MR) is 75.9 cm³/mol. The van der Waals surface area contributed by atoms with Crippen molar-refractivity contribution in [3.05, 3.63) is 0 Å². The maximum absolute atomic E-state index is 10.4. The Morgan fingerprint density at radius 3 is 2.33 bits per heavy atom. The molecule has 0 aromatic heterocycles. The maximum atomic E-state index is 10.4. The molecular formula is C15H31NO2. The van der Waals surface area contributed by atoms with E-state index in [9.17, 15) is 5.11 Å². The van der Waals surface area contributed by atoms with Crippen LogP contribution >= 0.6 is 0 Å². The van der Waals surface area contributed by atoms with Gasteiger partial charge in [0.05, 0.1) is 5.60 Å². The summed E-state index contributed by atoms with van der Waals surface area (Å²) in [5.41, 5.74) is -0.505. The van der Waals surface area contributed by atoms with E-state index >= 15 is 0 Å². The fraction of sp³-hybridized carbons (Fsp3) is 1.00. The molecule has 1 fully saturated rings. The number of hydrogen-bond acceptors (Lipinski definition) is 3. The molecule has 0 saturated carbocycles. The average Bonchev–Trinajstić information content (AvgIpc) is 2.34. The molecule has 3 heteroatoms. The molecule has 1 aliphatic heterocycles. The normalized spacial score (nSPS) is 19.3. The summed E-state index contributed by atoms with van der Waals surface area (Å²) < 4.78 is 5.30. The molecular weight excluding hydrogens is 226 g/mol. The molecule has 0 aromatic rings. The summed E-state index contributed by atoms with van der Waals surface area (Å²) in [7, 11) is 2.12. The molecule has 1 saturated heterocycles. The van der Waals surface area contributed by atoms with Crippen LogP contribution in [0.5, 0.6) is 0 Å². The molecule has 108 valence electrons. The lowest BCUT2D eigenvalue weighted by atomic mass is 9.94. The van der Waals surface area contributed by atoms with E-state index in [1.165, 1.54) is 38.5 Å². The second kappa shape index (κ2) is 8.89. The zero-order chi connectivity index (χ0) is 13.3. The van der Waals surface area contributed by atoms with Crippen molar-refractivity contribution < 1.29 is 9.84 Å². The molecule has 0 bridgehead atoms. The molecule has 0 aliphatic carbocycles. The van der Waals surface area contributed by atoms with E-state index in [0.717, 1.165) is 25.9 Å². The van der Waals surface area contributed by atoms with Crippen LogP contribution in [0.25, 0.3) is 0 Å². The van der Waals surface area contributed by atoms with Gasteiger partial charge in [0, 0.05) is 32.6 Å². The number of ether oxygens (including phenoxy) is 1. The van der Waals surface area contributed by atoms with E-state index in [2.05, 4.69) is 18.9 Å². The van der Waals surface area contributed by atoms with Crippen molar-refractivity contribution >= 4 is 0 Å². The summed E-state index contributed by atoms with van der Waals surface area (Å²) in [6.07, 6.45) is 9.58. The van der Waals surface area contributed by atoms with Gasteiger partial charge in [-0.2, -0.15) is 0 Å². The Hall–Kier alpha value is -0.120. The van der Waals surface area contributed by atoms with Gasteiger partial charge in [-0.3, -0.25) is 0 Å². The summed E-state index contributed by atoms with van der Waals surface area (Å²) in [5, 5.41) is 10.4. The summed E-state index contributed by atoms with van der Waals surface area (Å²) >= 11 is 0. The maximum Gasteiger partial charge on any atom is 0.0817 e. The summed E-state index contributed by atoms with van der Waals surface area (Å²) in [4.78, 5) is 2.28. The van der Waals surface area contributed by atoms with Crippen LogP contribution in [-0.4, -0.2) is 49.0 Å². The van der Waals surface area contributed by atoms with Gasteiger partial charge in [0.15, 0.2) is 0 Å². The van der Waals surface area contributed by atoms with Crippen molar-refractivity contribution in [1.29, 1.82) is 0 Å². The van der Waals surface area contributed by atoms with Crippen LogP contribution in [0, 0.1) is 0 Å². The van der Waals surface area contributed by atoms with Gasteiger partial charge < -0.3 is 14.7 Å². The van der Waals surface area contributed by atoms with E-state index in [0.29, 0.717) is 13.2 Å². The van der Waals surface area contributed by atoms with Crippen LogP contribution < -0.4 is 0 Å². The Balaban J connectivity index is 2.04. The number of likely N-dealkylation sites (N-methyl/N-ethyl adjacent to an activating group) is 1. The Bertz CT molecular complexity index is 203. The van der Waals surface area contributed by atoms with Gasteiger partial charge in [-0.15, -0.1) is 0 Å². The smallest absolute Gasteiger partial charge is 0.0817 e. The minimum atomic E-state index is -0.505. The first-order valence-electron chi connectivity index (χ1n) is 7.65. The third-order valence-corrected chi connectivity index (χ3v) is 3.88. The number of unbranched alkanes of at least 4 members (excludes halogenated alkanes) is 5. The summed E-state index contributed by atoms with van der Waals surface area (Å²) in [6, 6.07) is 0. The van der Waals surface area contributed by atoms with E-state index in [-0.39, 0.29) is 0 Å². The van der Waals surface area contributed by atoms with Crippen molar-refractivity contribution in [2.75, 3.05) is 33.4 Å². The van der Waals surface area contributed by atoms with Crippen molar-refractivity contribution in [1.82, 2.24) is 4.90 Å². The van der Waals surface area contributed by atoms with Crippen molar-refractivity contribution in [2.24, 2.45) is 0 Å². The zero-order valence-corrected chi connectivity index (χ0v) is 12.3. The van der Waals surface area contributed by atoms with Gasteiger partial charge in [0.1, 0.15) is 0 Å². The summed E-state index contributed by atoms with van der Waals surface area (Å²) in [5.74, 6) is 0. The second-order valence-corrected chi connectivity index (χ2v) is 5.84. The summed E-state index contributed by atoms with van der Waals surface area (Å²) in [6.45, 7) is 5.58. The molecule has 0 atom stereocenters. The third-order valence-electron chi connectivity index (χ3n) is 3.88. The van der Waals surface area contributed by atoms with Gasteiger partial charge in [-0.05, 0) is 20.0 Å². The Labute approximate surface area is 113 Å². The topological polar surface area (TPSA) is 32.7 Å². The van der Waals surface area contributed by atoms with Crippen LogP contribution in [0.1, 0.15) is 58.3 Å². The van der Waals surface area contributed by atoms with E-state index < -0.39 is 5.60 Å². The lowest BCUT2D eigenvalue weighted by Gasteiger charge is -2.35. The van der Waals surface area contributed by atoms with Gasteiger partial charge in [0.25, 0.3) is 0 Å². The fourth-order valence-corrected chi connectivity index (χ4v) is 2.65. The first kappa shape index (κ1) is 15.9. The number of nitrogens with zero attached hydrogens (tertiary/aromatic N) is 1. The second-order valence-electron chi connectivity index (χ2n) is 5.84. The highest BCUT2D eigenvalue weighted by Crippen LogP contribution is 2.21. The van der Waals surface area contributed by atoms with Gasteiger partial charge in [0.2, 0.25) is 0 Å². The fourth-order valence-electron chi connectivity index (χ4n) is 2.65. The molecule has 1 N–H and O–H groups in total. The lowest BCUT2D eigenvalue weighted by Crippen LogP contribution is -2.45. The van der Waals surface area contributed by atoms with Gasteiger partial charge >= 0.3 is 0 Å². The lowest BCUT2D eigenvalue weighted by molar-refractivity contribution is -0.0769. The van der Waals surface area contributed by atoms with E-state index in [1.54, 1.807) is 0 Å². The van der Waals surface area contributed by atoms with Crippen molar-refractivity contribution in [3.8, 4) is 0 Å². The molecule has 0 aromatic carbocycles. The third kappa shape index (κ3) is 6.72. The largest absolute Gasteiger partial charge is 0.388 e. The first-order chi connectivity index (χ1) is 8.66. The molecule has 0 spiro atoms. The van der Waals surface area contributed by atoms with E-state index in [1.807, 2.05) is 0 Å².